The number of nitrogens with two attached hydrogens (primary N) is 1. The van der Waals surface area contributed by atoms with Crippen LogP contribution in [0, 0.1) is 12.8 Å². The number of hydrogen-bond donors (Lipinski definition) is 2. The number of fused-ring (bicyclic) bond motifs is 1. The highest BCUT2D eigenvalue weighted by atomic mass is 16.1. The lowest BCUT2D eigenvalue weighted by atomic mass is 9.95. The van der Waals surface area contributed by atoms with Crippen LogP contribution in [0.1, 0.15) is 43.8 Å². The Morgan fingerprint density at radius 1 is 1.26 bits per heavy atom. The van der Waals surface area contributed by atoms with Crippen molar-refractivity contribution in [3.05, 3.63) is 17.1 Å². The lowest BCUT2D eigenvalue weighted by Gasteiger charge is -2.24. The molecule has 1 aliphatic carbocycles. The van der Waals surface area contributed by atoms with Crippen molar-refractivity contribution in [2.45, 2.75) is 52.5 Å². The van der Waals surface area contributed by atoms with E-state index >= 15 is 0 Å². The predicted molar refractivity (Wildman–Crippen MR) is 74.9 cm³/mol. The van der Waals surface area contributed by atoms with Crippen LogP contribution < -0.4 is 11.1 Å². The highest BCUT2D eigenvalue weighted by Crippen LogP contribution is 2.26. The second-order valence-electron chi connectivity index (χ2n) is 5.52. The maximum Gasteiger partial charge on any atom is 0.240 e. The van der Waals surface area contributed by atoms with Gasteiger partial charge in [-0.25, -0.2) is 9.97 Å². The Kier molecular flexibility index (Phi) is 4.02. The van der Waals surface area contributed by atoms with Crippen molar-refractivity contribution in [3.8, 4) is 0 Å². The van der Waals surface area contributed by atoms with Crippen molar-refractivity contribution < 1.29 is 4.79 Å². The fourth-order valence-corrected chi connectivity index (χ4v) is 2.55. The van der Waals surface area contributed by atoms with Gasteiger partial charge in [-0.05, 0) is 38.5 Å². The molecule has 0 saturated heterocycles. The summed E-state index contributed by atoms with van der Waals surface area (Å²) in [5, 5.41) is 3.22. The van der Waals surface area contributed by atoms with Crippen LogP contribution in [0.25, 0.3) is 0 Å². The SMILES string of the molecule is Cc1nc2c(c(NC(C(N)=O)C(C)C)n1)CCCC2. The lowest BCUT2D eigenvalue weighted by Crippen LogP contribution is -2.40. The number of amides is 1. The number of nitrogens with one attached hydrogen (secondary N) is 1. The van der Waals surface area contributed by atoms with Crippen LogP contribution in [0.5, 0.6) is 0 Å². The minimum absolute atomic E-state index is 0.131. The normalized spacial score (nSPS) is 16.0. The molecular formula is C14H22N4O. The van der Waals surface area contributed by atoms with Crippen LogP contribution in [0.15, 0.2) is 0 Å². The molecule has 0 aliphatic heterocycles. The molecule has 0 spiro atoms. The summed E-state index contributed by atoms with van der Waals surface area (Å²) in [6, 6.07) is -0.389. The van der Waals surface area contributed by atoms with Gasteiger partial charge in [-0.15, -0.1) is 0 Å². The number of aromatic nitrogens is 2. The van der Waals surface area contributed by atoms with Gasteiger partial charge in [0, 0.05) is 11.3 Å². The van der Waals surface area contributed by atoms with Crippen LogP contribution in [-0.4, -0.2) is 21.9 Å². The standard InChI is InChI=1S/C14H22N4O/c1-8(2)12(13(15)19)18-14-10-6-4-5-7-11(10)16-9(3)17-14/h8,12H,4-7H2,1-3H3,(H2,15,19)(H,16,17,18). The largest absolute Gasteiger partial charge is 0.368 e. The summed E-state index contributed by atoms with van der Waals surface area (Å²) in [4.78, 5) is 20.5. The smallest absolute Gasteiger partial charge is 0.240 e. The van der Waals surface area contributed by atoms with Gasteiger partial charge >= 0.3 is 0 Å². The van der Waals surface area contributed by atoms with E-state index in [1.807, 2.05) is 20.8 Å². The Bertz CT molecular complexity index is 485. The second-order valence-corrected chi connectivity index (χ2v) is 5.52. The molecule has 2 rings (SSSR count). The summed E-state index contributed by atoms with van der Waals surface area (Å²) in [5.74, 6) is 1.33. The highest BCUT2D eigenvalue weighted by molar-refractivity contribution is 5.83. The minimum atomic E-state index is -0.389. The summed E-state index contributed by atoms with van der Waals surface area (Å²) in [6.07, 6.45) is 4.29. The molecule has 0 bridgehead atoms. The number of primary amides is 1. The van der Waals surface area contributed by atoms with E-state index in [2.05, 4.69) is 15.3 Å². The molecule has 1 amide bonds. The van der Waals surface area contributed by atoms with Gasteiger partial charge in [0.1, 0.15) is 17.7 Å². The van der Waals surface area contributed by atoms with Crippen LogP contribution in [0.2, 0.25) is 0 Å². The van der Waals surface area contributed by atoms with Gasteiger partial charge < -0.3 is 11.1 Å². The first-order chi connectivity index (χ1) is 8.99. The van der Waals surface area contributed by atoms with Crippen molar-refractivity contribution in [2.24, 2.45) is 11.7 Å². The topological polar surface area (TPSA) is 80.9 Å². The second kappa shape index (κ2) is 5.55. The quantitative estimate of drug-likeness (QED) is 0.863. The van der Waals surface area contributed by atoms with E-state index in [-0.39, 0.29) is 17.9 Å². The Labute approximate surface area is 114 Å². The van der Waals surface area contributed by atoms with Crippen molar-refractivity contribution >= 4 is 11.7 Å². The van der Waals surface area contributed by atoms with E-state index in [1.165, 1.54) is 6.42 Å². The average molecular weight is 262 g/mol. The van der Waals surface area contributed by atoms with Crippen molar-refractivity contribution in [1.29, 1.82) is 0 Å². The molecule has 1 heterocycles. The summed E-state index contributed by atoms with van der Waals surface area (Å²) < 4.78 is 0. The third-order valence-electron chi connectivity index (χ3n) is 3.56. The van der Waals surface area contributed by atoms with Crippen molar-refractivity contribution in [2.75, 3.05) is 5.32 Å². The van der Waals surface area contributed by atoms with E-state index in [1.54, 1.807) is 0 Å². The third kappa shape index (κ3) is 3.03. The molecule has 0 aromatic carbocycles. The van der Waals surface area contributed by atoms with Crippen LogP contribution >= 0.6 is 0 Å². The molecule has 5 nitrogen and oxygen atoms in total. The molecule has 3 N–H and O–H groups in total. The van der Waals surface area contributed by atoms with E-state index in [4.69, 9.17) is 5.73 Å². The number of rotatable bonds is 4. The van der Waals surface area contributed by atoms with E-state index in [9.17, 15) is 4.79 Å². The van der Waals surface area contributed by atoms with E-state index in [0.29, 0.717) is 0 Å². The Morgan fingerprint density at radius 3 is 2.58 bits per heavy atom. The zero-order valence-electron chi connectivity index (χ0n) is 11.9. The molecule has 1 unspecified atom stereocenters. The number of anilines is 1. The zero-order chi connectivity index (χ0) is 14.0. The molecule has 5 heteroatoms. The summed E-state index contributed by atoms with van der Waals surface area (Å²) in [7, 11) is 0. The molecule has 0 radical (unpaired) electrons. The summed E-state index contributed by atoms with van der Waals surface area (Å²) >= 11 is 0. The number of nitrogens with zero attached hydrogens (tertiary/aromatic N) is 2. The maximum absolute atomic E-state index is 11.5. The fourth-order valence-electron chi connectivity index (χ4n) is 2.55. The average Bonchev–Trinajstić information content (AvgIpc) is 2.34. The summed E-state index contributed by atoms with van der Waals surface area (Å²) in [6.45, 7) is 5.83. The zero-order valence-corrected chi connectivity index (χ0v) is 11.9. The number of carbonyl (C=O) groups is 1. The molecular weight excluding hydrogens is 240 g/mol. The minimum Gasteiger partial charge on any atom is -0.368 e. The molecule has 1 aliphatic rings. The first-order valence-corrected chi connectivity index (χ1v) is 6.91. The summed E-state index contributed by atoms with van der Waals surface area (Å²) in [5.41, 5.74) is 7.73. The van der Waals surface area contributed by atoms with Gasteiger partial charge in [-0.1, -0.05) is 13.8 Å². The van der Waals surface area contributed by atoms with Crippen LogP contribution in [-0.2, 0) is 17.6 Å². The monoisotopic (exact) mass is 262 g/mol. The number of carbonyl (C=O) groups excluding carboxylic acids is 1. The van der Waals surface area contributed by atoms with Gasteiger partial charge in [-0.3, -0.25) is 4.79 Å². The van der Waals surface area contributed by atoms with Gasteiger partial charge in [0.25, 0.3) is 0 Å². The molecule has 0 fully saturated rings. The van der Waals surface area contributed by atoms with Crippen molar-refractivity contribution in [1.82, 2.24) is 9.97 Å². The lowest BCUT2D eigenvalue weighted by molar-refractivity contribution is -0.119. The maximum atomic E-state index is 11.5. The van der Waals surface area contributed by atoms with Gasteiger partial charge in [-0.2, -0.15) is 0 Å². The molecule has 1 aromatic rings. The predicted octanol–water partition coefficient (Wildman–Crippen LogP) is 1.59. The third-order valence-corrected chi connectivity index (χ3v) is 3.56. The number of hydrogen-bond acceptors (Lipinski definition) is 4. The fraction of sp³-hybridized carbons (Fsp3) is 0.643. The molecule has 104 valence electrons. The van der Waals surface area contributed by atoms with Crippen LogP contribution in [0.3, 0.4) is 0 Å². The van der Waals surface area contributed by atoms with Gasteiger partial charge in [0.2, 0.25) is 5.91 Å². The molecule has 19 heavy (non-hydrogen) atoms. The highest BCUT2D eigenvalue weighted by Gasteiger charge is 2.23. The van der Waals surface area contributed by atoms with E-state index < -0.39 is 0 Å². The van der Waals surface area contributed by atoms with Gasteiger partial charge in [0.05, 0.1) is 0 Å². The molecule has 1 atom stereocenters. The Morgan fingerprint density at radius 2 is 1.95 bits per heavy atom. The first-order valence-electron chi connectivity index (χ1n) is 6.91. The Balaban J connectivity index is 2.33. The van der Waals surface area contributed by atoms with E-state index in [0.717, 1.165) is 42.2 Å². The van der Waals surface area contributed by atoms with Crippen molar-refractivity contribution in [3.63, 3.8) is 0 Å². The van der Waals surface area contributed by atoms with Crippen LogP contribution in [0.4, 0.5) is 5.82 Å². The molecule has 1 aromatic heterocycles. The first kappa shape index (κ1) is 13.8. The number of aryl methyl sites for hydroxylation is 2. The Hall–Kier alpha value is -1.65. The molecule has 0 saturated carbocycles. The van der Waals surface area contributed by atoms with Gasteiger partial charge in [0.15, 0.2) is 0 Å².